The van der Waals surface area contributed by atoms with Crippen LogP contribution in [-0.4, -0.2) is 15.5 Å². The summed E-state index contributed by atoms with van der Waals surface area (Å²) in [4.78, 5) is 31.4. The number of aromatic nitrogens is 2. The monoisotopic (exact) mass is 401 g/mol. The highest BCUT2D eigenvalue weighted by molar-refractivity contribution is 7.21. The minimum absolute atomic E-state index is 0.0601. The van der Waals surface area contributed by atoms with Crippen LogP contribution >= 0.6 is 11.3 Å². The molecular weight excluding hydrogens is 382 g/mol. The lowest BCUT2D eigenvalue weighted by molar-refractivity contribution is -0.116. The third-order valence-corrected chi connectivity index (χ3v) is 6.36. The van der Waals surface area contributed by atoms with Crippen LogP contribution in [-0.2, 0) is 24.2 Å². The van der Waals surface area contributed by atoms with E-state index in [2.05, 4.69) is 16.4 Å². The van der Waals surface area contributed by atoms with Crippen LogP contribution in [0.25, 0.3) is 20.7 Å². The SMILES string of the molecule is O=C(Cn1cnc2sc(-c3ccccc3)cc2c1=O)Nc1ccc2c(c1)CCC2. The van der Waals surface area contributed by atoms with E-state index in [0.29, 0.717) is 10.2 Å². The smallest absolute Gasteiger partial charge is 0.262 e. The van der Waals surface area contributed by atoms with Crippen molar-refractivity contribution in [2.24, 2.45) is 0 Å². The molecule has 2 aromatic heterocycles. The van der Waals surface area contributed by atoms with E-state index in [4.69, 9.17) is 0 Å². The molecule has 0 radical (unpaired) electrons. The third kappa shape index (κ3) is 3.47. The standard InChI is InChI=1S/C23H19N3O2S/c27-21(25-18-10-9-15-7-4-8-17(15)11-18)13-26-14-24-22-19(23(26)28)12-20(29-22)16-5-2-1-3-6-16/h1-3,5-6,9-12,14H,4,7-8,13H2,(H,25,27). The van der Waals surface area contributed by atoms with Crippen LogP contribution in [0.2, 0.25) is 0 Å². The second-order valence-corrected chi connectivity index (χ2v) is 8.29. The molecule has 1 aliphatic rings. The summed E-state index contributed by atoms with van der Waals surface area (Å²) < 4.78 is 1.37. The lowest BCUT2D eigenvalue weighted by atomic mass is 10.1. The maximum Gasteiger partial charge on any atom is 0.262 e. The highest BCUT2D eigenvalue weighted by Gasteiger charge is 2.14. The van der Waals surface area contributed by atoms with E-state index in [0.717, 1.165) is 29.0 Å². The second kappa shape index (κ2) is 7.29. The van der Waals surface area contributed by atoms with Gasteiger partial charge < -0.3 is 5.32 Å². The van der Waals surface area contributed by atoms with Gasteiger partial charge in [0, 0.05) is 10.6 Å². The van der Waals surface area contributed by atoms with Gasteiger partial charge in [0.25, 0.3) is 5.56 Å². The number of benzene rings is 2. The maximum absolute atomic E-state index is 12.9. The van der Waals surface area contributed by atoms with Crippen molar-refractivity contribution < 1.29 is 4.79 Å². The van der Waals surface area contributed by atoms with E-state index in [9.17, 15) is 9.59 Å². The van der Waals surface area contributed by atoms with Gasteiger partial charge in [-0.25, -0.2) is 4.98 Å². The van der Waals surface area contributed by atoms with Gasteiger partial charge >= 0.3 is 0 Å². The van der Waals surface area contributed by atoms with Gasteiger partial charge in [-0.2, -0.15) is 0 Å². The Hall–Kier alpha value is -3.25. The summed E-state index contributed by atoms with van der Waals surface area (Å²) in [6.45, 7) is -0.0601. The summed E-state index contributed by atoms with van der Waals surface area (Å²) in [6.07, 6.45) is 4.79. The molecule has 6 heteroatoms. The zero-order valence-electron chi connectivity index (χ0n) is 15.7. The van der Waals surface area contributed by atoms with Crippen molar-refractivity contribution in [2.75, 3.05) is 5.32 Å². The molecule has 5 nitrogen and oxygen atoms in total. The molecule has 1 aliphatic carbocycles. The fourth-order valence-electron chi connectivity index (χ4n) is 3.82. The Balaban J connectivity index is 1.38. The van der Waals surface area contributed by atoms with Crippen molar-refractivity contribution in [1.82, 2.24) is 9.55 Å². The average molecular weight is 401 g/mol. The lowest BCUT2D eigenvalue weighted by Crippen LogP contribution is -2.27. The minimum Gasteiger partial charge on any atom is -0.325 e. The summed E-state index contributed by atoms with van der Waals surface area (Å²) >= 11 is 1.48. The molecule has 29 heavy (non-hydrogen) atoms. The van der Waals surface area contributed by atoms with Crippen molar-refractivity contribution in [3.8, 4) is 10.4 Å². The first-order chi connectivity index (χ1) is 14.2. The Labute approximate surface area is 171 Å². The molecule has 4 aromatic rings. The summed E-state index contributed by atoms with van der Waals surface area (Å²) in [5.41, 5.74) is 4.29. The van der Waals surface area contributed by atoms with E-state index in [1.165, 1.54) is 39.8 Å². The molecule has 144 valence electrons. The normalized spacial score (nSPS) is 12.8. The highest BCUT2D eigenvalue weighted by atomic mass is 32.1. The summed E-state index contributed by atoms with van der Waals surface area (Å²) in [7, 11) is 0. The van der Waals surface area contributed by atoms with Crippen LogP contribution in [0.4, 0.5) is 5.69 Å². The Morgan fingerprint density at radius 2 is 1.90 bits per heavy atom. The number of nitrogens with zero attached hydrogens (tertiary/aromatic N) is 2. The van der Waals surface area contributed by atoms with Crippen LogP contribution < -0.4 is 10.9 Å². The largest absolute Gasteiger partial charge is 0.325 e. The molecule has 2 heterocycles. The number of thiophene rings is 1. The molecule has 5 rings (SSSR count). The van der Waals surface area contributed by atoms with E-state index in [1.807, 2.05) is 48.5 Å². The van der Waals surface area contributed by atoms with Gasteiger partial charge in [-0.15, -0.1) is 11.3 Å². The second-order valence-electron chi connectivity index (χ2n) is 7.26. The molecule has 0 saturated carbocycles. The Morgan fingerprint density at radius 3 is 2.76 bits per heavy atom. The number of carbonyl (C=O) groups excluding carboxylic acids is 1. The number of carbonyl (C=O) groups is 1. The predicted molar refractivity (Wildman–Crippen MR) is 116 cm³/mol. The first-order valence-corrected chi connectivity index (χ1v) is 10.4. The highest BCUT2D eigenvalue weighted by Crippen LogP contribution is 2.30. The van der Waals surface area contributed by atoms with Crippen molar-refractivity contribution in [3.05, 3.63) is 82.4 Å². The van der Waals surface area contributed by atoms with Gasteiger partial charge in [-0.3, -0.25) is 14.2 Å². The zero-order chi connectivity index (χ0) is 19.8. The molecule has 1 N–H and O–H groups in total. The number of fused-ring (bicyclic) bond motifs is 2. The molecule has 0 aliphatic heterocycles. The Kier molecular flexibility index (Phi) is 4.48. The van der Waals surface area contributed by atoms with Gasteiger partial charge in [0.2, 0.25) is 5.91 Å². The Bertz CT molecular complexity index is 1270. The Morgan fingerprint density at radius 1 is 1.07 bits per heavy atom. The number of anilines is 1. The number of amides is 1. The molecule has 0 bridgehead atoms. The predicted octanol–water partition coefficient (Wildman–Crippen LogP) is 4.25. The van der Waals surface area contributed by atoms with Crippen molar-refractivity contribution in [1.29, 1.82) is 0 Å². The van der Waals surface area contributed by atoms with Crippen molar-refractivity contribution in [2.45, 2.75) is 25.8 Å². The van der Waals surface area contributed by atoms with E-state index in [-0.39, 0.29) is 18.0 Å². The first kappa shape index (κ1) is 17.8. The lowest BCUT2D eigenvalue weighted by Gasteiger charge is -2.09. The molecule has 2 aromatic carbocycles. The molecule has 0 fully saturated rings. The zero-order valence-corrected chi connectivity index (χ0v) is 16.5. The fourth-order valence-corrected chi connectivity index (χ4v) is 4.82. The molecule has 0 unspecified atom stereocenters. The van der Waals surface area contributed by atoms with Crippen LogP contribution in [0.5, 0.6) is 0 Å². The van der Waals surface area contributed by atoms with E-state index < -0.39 is 0 Å². The van der Waals surface area contributed by atoms with Crippen LogP contribution in [0.3, 0.4) is 0 Å². The molecule has 0 saturated heterocycles. The number of rotatable bonds is 4. The van der Waals surface area contributed by atoms with Gasteiger partial charge in [-0.1, -0.05) is 36.4 Å². The summed E-state index contributed by atoms with van der Waals surface area (Å²) in [6, 6.07) is 17.8. The quantitative estimate of drug-likeness (QED) is 0.556. The number of nitrogens with one attached hydrogen (secondary N) is 1. The van der Waals surface area contributed by atoms with Crippen LogP contribution in [0.15, 0.2) is 65.7 Å². The summed E-state index contributed by atoms with van der Waals surface area (Å²) in [5.74, 6) is -0.232. The van der Waals surface area contributed by atoms with Gasteiger partial charge in [0.05, 0.1) is 11.7 Å². The van der Waals surface area contributed by atoms with Gasteiger partial charge in [0.15, 0.2) is 0 Å². The van der Waals surface area contributed by atoms with Crippen molar-refractivity contribution in [3.63, 3.8) is 0 Å². The summed E-state index contributed by atoms with van der Waals surface area (Å²) in [5, 5.41) is 3.45. The van der Waals surface area contributed by atoms with Crippen LogP contribution in [0.1, 0.15) is 17.5 Å². The first-order valence-electron chi connectivity index (χ1n) is 9.63. The fraction of sp³-hybridized carbons (Fsp3) is 0.174. The van der Waals surface area contributed by atoms with Crippen molar-refractivity contribution >= 4 is 33.1 Å². The molecule has 0 spiro atoms. The van der Waals surface area contributed by atoms with Crippen LogP contribution in [0, 0.1) is 0 Å². The van der Waals surface area contributed by atoms with E-state index in [1.54, 1.807) is 0 Å². The number of aryl methyl sites for hydroxylation is 2. The minimum atomic E-state index is -0.232. The average Bonchev–Trinajstić information content (AvgIpc) is 3.38. The molecular formula is C23H19N3O2S. The third-order valence-electron chi connectivity index (χ3n) is 5.27. The van der Waals surface area contributed by atoms with E-state index >= 15 is 0 Å². The van der Waals surface area contributed by atoms with Gasteiger partial charge in [0.1, 0.15) is 11.4 Å². The molecule has 1 amide bonds. The molecule has 0 atom stereocenters. The topological polar surface area (TPSA) is 64.0 Å². The maximum atomic E-state index is 12.9. The van der Waals surface area contributed by atoms with Gasteiger partial charge in [-0.05, 0) is 54.2 Å². The number of hydrogen-bond acceptors (Lipinski definition) is 4. The number of hydrogen-bond donors (Lipinski definition) is 1.